The second kappa shape index (κ2) is 10.6. The Morgan fingerprint density at radius 2 is 1.72 bits per heavy atom. The lowest BCUT2D eigenvalue weighted by atomic mass is 10.0. The largest absolute Gasteiger partial charge is 0.417 e. The molecule has 4 aromatic rings. The van der Waals surface area contributed by atoms with Crippen molar-refractivity contribution in [2.45, 2.75) is 32.1 Å². The number of carbonyl (C=O) groups excluding carboxylic acids is 1. The molecule has 0 aliphatic rings. The van der Waals surface area contributed by atoms with Crippen LogP contribution in [0.5, 0.6) is 0 Å². The number of benzene rings is 2. The number of ketones is 1. The minimum atomic E-state index is -4.61. The lowest BCUT2D eigenvalue weighted by Crippen LogP contribution is -2.28. The fourth-order valence-corrected chi connectivity index (χ4v) is 4.98. The standard InChI is InChI=1S/C24H17Cl2F4N3O2S/c25-20-11-10-19(36-20)22-31-33(23(35)32(22)12-15-4-1-2-7-18(15)27)13-16(34)9-8-14-5-3-6-17(21(14)26)24(28,29)30/h1-7,10-11H,8-9,12-13H2. The number of halogens is 6. The van der Waals surface area contributed by atoms with E-state index in [2.05, 4.69) is 5.10 Å². The molecule has 0 fully saturated rings. The van der Waals surface area contributed by atoms with Gasteiger partial charge in [0, 0.05) is 12.0 Å². The van der Waals surface area contributed by atoms with Crippen LogP contribution in [0.25, 0.3) is 10.7 Å². The Bertz CT molecular complexity index is 1480. The van der Waals surface area contributed by atoms with Crippen molar-refractivity contribution in [1.82, 2.24) is 14.3 Å². The van der Waals surface area contributed by atoms with E-state index in [-0.39, 0.29) is 36.3 Å². The van der Waals surface area contributed by atoms with Gasteiger partial charge < -0.3 is 0 Å². The molecule has 0 unspecified atom stereocenters. The second-order valence-corrected chi connectivity index (χ2v) is 9.95. The Morgan fingerprint density at radius 3 is 2.39 bits per heavy atom. The summed E-state index contributed by atoms with van der Waals surface area (Å²) in [6.07, 6.45) is -4.82. The third-order valence-corrected chi connectivity index (χ3v) is 7.06. The van der Waals surface area contributed by atoms with E-state index in [0.29, 0.717) is 9.21 Å². The molecule has 0 saturated heterocycles. The van der Waals surface area contributed by atoms with E-state index in [9.17, 15) is 27.2 Å². The molecule has 36 heavy (non-hydrogen) atoms. The Balaban J connectivity index is 1.57. The van der Waals surface area contributed by atoms with Crippen molar-refractivity contribution in [3.63, 3.8) is 0 Å². The molecule has 2 aromatic carbocycles. The predicted octanol–water partition coefficient (Wildman–Crippen LogP) is 6.49. The fourth-order valence-electron chi connectivity index (χ4n) is 3.61. The van der Waals surface area contributed by atoms with Gasteiger partial charge in [-0.05, 0) is 36.2 Å². The highest BCUT2D eigenvalue weighted by atomic mass is 35.5. The van der Waals surface area contributed by atoms with Crippen LogP contribution >= 0.6 is 34.5 Å². The Morgan fingerprint density at radius 1 is 1.00 bits per heavy atom. The third-order valence-electron chi connectivity index (χ3n) is 5.39. The number of alkyl halides is 3. The van der Waals surface area contributed by atoms with Crippen LogP contribution in [0, 0.1) is 5.82 Å². The number of rotatable bonds is 8. The molecular formula is C24H17Cl2F4N3O2S. The highest BCUT2D eigenvalue weighted by Crippen LogP contribution is 2.36. The minimum Gasteiger partial charge on any atom is -0.298 e. The van der Waals surface area contributed by atoms with Crippen LogP contribution in [0.15, 0.2) is 59.4 Å². The second-order valence-electron chi connectivity index (χ2n) is 7.86. The van der Waals surface area contributed by atoms with Crippen molar-refractivity contribution in [2.75, 3.05) is 0 Å². The number of thiophene rings is 1. The van der Waals surface area contributed by atoms with E-state index in [0.717, 1.165) is 10.7 Å². The molecule has 0 N–H and O–H groups in total. The maximum Gasteiger partial charge on any atom is 0.417 e. The summed E-state index contributed by atoms with van der Waals surface area (Å²) < 4.78 is 56.2. The molecule has 12 heteroatoms. The lowest BCUT2D eigenvalue weighted by molar-refractivity contribution is -0.137. The third kappa shape index (κ3) is 5.71. The molecule has 4 rings (SSSR count). The monoisotopic (exact) mass is 557 g/mol. The van der Waals surface area contributed by atoms with Gasteiger partial charge in [0.1, 0.15) is 12.4 Å². The molecule has 0 aliphatic carbocycles. The molecule has 188 valence electrons. The number of carbonyl (C=O) groups is 1. The number of hydrogen-bond acceptors (Lipinski definition) is 4. The predicted molar refractivity (Wildman–Crippen MR) is 130 cm³/mol. The molecule has 0 spiro atoms. The summed E-state index contributed by atoms with van der Waals surface area (Å²) in [5.74, 6) is -0.716. The highest BCUT2D eigenvalue weighted by molar-refractivity contribution is 7.19. The van der Waals surface area contributed by atoms with Gasteiger partial charge in [-0.15, -0.1) is 16.4 Å². The van der Waals surface area contributed by atoms with Crippen LogP contribution in [0.1, 0.15) is 23.1 Å². The molecule has 2 aromatic heterocycles. The summed E-state index contributed by atoms with van der Waals surface area (Å²) >= 11 is 13.1. The topological polar surface area (TPSA) is 56.9 Å². The molecule has 0 saturated carbocycles. The van der Waals surface area contributed by atoms with Gasteiger partial charge in [0.25, 0.3) is 0 Å². The molecule has 0 bridgehead atoms. The van der Waals surface area contributed by atoms with E-state index < -0.39 is 40.6 Å². The van der Waals surface area contributed by atoms with Gasteiger partial charge in [0.2, 0.25) is 0 Å². The van der Waals surface area contributed by atoms with Crippen LogP contribution in [0.4, 0.5) is 17.6 Å². The maximum absolute atomic E-state index is 14.3. The van der Waals surface area contributed by atoms with Crippen molar-refractivity contribution in [1.29, 1.82) is 0 Å². The van der Waals surface area contributed by atoms with Crippen LogP contribution in [0.2, 0.25) is 9.36 Å². The quantitative estimate of drug-likeness (QED) is 0.233. The van der Waals surface area contributed by atoms with Gasteiger partial charge in [0.15, 0.2) is 11.6 Å². The summed E-state index contributed by atoms with van der Waals surface area (Å²) in [6.45, 7) is -0.532. The van der Waals surface area contributed by atoms with E-state index in [1.807, 2.05) is 0 Å². The summed E-state index contributed by atoms with van der Waals surface area (Å²) in [7, 11) is 0. The summed E-state index contributed by atoms with van der Waals surface area (Å²) in [5, 5.41) is 3.82. The van der Waals surface area contributed by atoms with Gasteiger partial charge in [-0.1, -0.05) is 53.5 Å². The minimum absolute atomic E-state index is 0.0420. The van der Waals surface area contributed by atoms with Crippen LogP contribution in [0.3, 0.4) is 0 Å². The van der Waals surface area contributed by atoms with E-state index in [1.54, 1.807) is 18.2 Å². The number of aryl methyl sites for hydroxylation is 1. The molecule has 2 heterocycles. The zero-order valence-corrected chi connectivity index (χ0v) is 20.7. The molecule has 0 aliphatic heterocycles. The molecule has 0 amide bonds. The Hall–Kier alpha value is -2.95. The van der Waals surface area contributed by atoms with Crippen molar-refractivity contribution < 1.29 is 22.4 Å². The lowest BCUT2D eigenvalue weighted by Gasteiger charge is -2.12. The molecular weight excluding hydrogens is 541 g/mol. The normalized spacial score (nSPS) is 11.7. The SMILES string of the molecule is O=C(CCc1cccc(C(F)(F)F)c1Cl)Cn1nc(-c2ccc(Cl)s2)n(Cc2ccccc2F)c1=O. The molecule has 0 atom stereocenters. The molecule has 5 nitrogen and oxygen atoms in total. The zero-order valence-electron chi connectivity index (χ0n) is 18.4. The first-order chi connectivity index (χ1) is 17.0. The smallest absolute Gasteiger partial charge is 0.298 e. The zero-order chi connectivity index (χ0) is 26.0. The van der Waals surface area contributed by atoms with Crippen molar-refractivity contribution in [3.05, 3.63) is 96.9 Å². The molecule has 0 radical (unpaired) electrons. The number of hydrogen-bond donors (Lipinski definition) is 0. The first-order valence-corrected chi connectivity index (χ1v) is 12.1. The van der Waals surface area contributed by atoms with E-state index in [4.69, 9.17) is 23.2 Å². The summed E-state index contributed by atoms with van der Waals surface area (Å²) in [5.41, 5.74) is -1.18. The van der Waals surface area contributed by atoms with E-state index >= 15 is 0 Å². The highest BCUT2D eigenvalue weighted by Gasteiger charge is 2.33. The van der Waals surface area contributed by atoms with Crippen LogP contribution in [-0.2, 0) is 30.5 Å². The fraction of sp³-hybridized carbons (Fsp3) is 0.208. The number of aromatic nitrogens is 3. The van der Waals surface area contributed by atoms with Gasteiger partial charge >= 0.3 is 11.9 Å². The van der Waals surface area contributed by atoms with Crippen LogP contribution < -0.4 is 5.69 Å². The first-order valence-electron chi connectivity index (χ1n) is 10.6. The Labute approximate surface area is 216 Å². The van der Waals surface area contributed by atoms with Crippen LogP contribution in [-0.4, -0.2) is 20.1 Å². The van der Waals surface area contributed by atoms with E-state index in [1.165, 1.54) is 46.2 Å². The van der Waals surface area contributed by atoms with Gasteiger partial charge in [0.05, 0.1) is 26.3 Å². The van der Waals surface area contributed by atoms with Gasteiger partial charge in [-0.2, -0.15) is 13.2 Å². The van der Waals surface area contributed by atoms with Crippen molar-refractivity contribution in [2.24, 2.45) is 0 Å². The summed E-state index contributed by atoms with van der Waals surface area (Å²) in [4.78, 5) is 26.3. The van der Waals surface area contributed by atoms with Gasteiger partial charge in [-0.3, -0.25) is 9.36 Å². The average Bonchev–Trinajstić information content (AvgIpc) is 3.37. The average molecular weight is 558 g/mol. The summed E-state index contributed by atoms with van der Waals surface area (Å²) in [6, 6.07) is 12.8. The Kier molecular flexibility index (Phi) is 7.67. The number of nitrogens with zero attached hydrogens (tertiary/aromatic N) is 3. The maximum atomic E-state index is 14.3. The van der Waals surface area contributed by atoms with Crippen molar-refractivity contribution in [3.8, 4) is 10.7 Å². The van der Waals surface area contributed by atoms with Crippen molar-refractivity contribution >= 4 is 40.3 Å². The number of Topliss-reactive ketones (excluding diaryl/α,β-unsaturated/α-hetero) is 1. The van der Waals surface area contributed by atoms with Gasteiger partial charge in [-0.25, -0.2) is 13.9 Å². The first kappa shape index (κ1) is 26.1.